The van der Waals surface area contributed by atoms with Crippen LogP contribution in [0.2, 0.25) is 0 Å². The van der Waals surface area contributed by atoms with Crippen LogP contribution in [0.25, 0.3) is 0 Å². The molecule has 8 heteroatoms. The van der Waals surface area contributed by atoms with Crippen LogP contribution in [0.4, 0.5) is 14.7 Å². The maximum absolute atomic E-state index is 13.1. The number of aromatic nitrogens is 3. The molecular weight excluding hydrogens is 270 g/mol. The molecule has 0 saturated heterocycles. The second kappa shape index (κ2) is 6.09. The molecule has 1 N–H and O–H groups in total. The van der Waals surface area contributed by atoms with Gasteiger partial charge in [-0.3, -0.25) is 0 Å². The Hall–Kier alpha value is -2.51. The Morgan fingerprint density at radius 1 is 1.10 bits per heavy atom. The zero-order valence-corrected chi connectivity index (χ0v) is 10.9. The van der Waals surface area contributed by atoms with Crippen molar-refractivity contribution in [3.05, 3.63) is 29.8 Å². The summed E-state index contributed by atoms with van der Waals surface area (Å²) in [5.41, 5.74) is 0. The average molecular weight is 282 g/mol. The zero-order valence-electron chi connectivity index (χ0n) is 10.9. The van der Waals surface area contributed by atoms with E-state index in [9.17, 15) is 8.78 Å². The summed E-state index contributed by atoms with van der Waals surface area (Å²) in [6, 6.07) is 3.08. The number of hydrogen-bond donors (Lipinski definition) is 1. The van der Waals surface area contributed by atoms with Crippen LogP contribution in [-0.2, 0) is 0 Å². The molecule has 0 fully saturated rings. The number of halogens is 2. The quantitative estimate of drug-likeness (QED) is 0.908. The third kappa shape index (κ3) is 3.28. The van der Waals surface area contributed by atoms with E-state index in [0.717, 1.165) is 12.1 Å². The SMILES string of the molecule is CCNc1nc(OC)nc(Oc2ccc(F)c(F)c2)n1. The summed E-state index contributed by atoms with van der Waals surface area (Å²) >= 11 is 0. The molecule has 0 aliphatic rings. The van der Waals surface area contributed by atoms with Crippen LogP contribution in [0.15, 0.2) is 18.2 Å². The van der Waals surface area contributed by atoms with Gasteiger partial charge in [0, 0.05) is 12.6 Å². The predicted octanol–water partition coefficient (Wildman–Crippen LogP) is 2.38. The molecule has 1 aromatic carbocycles. The fraction of sp³-hybridized carbons (Fsp3) is 0.250. The normalized spacial score (nSPS) is 10.2. The molecule has 20 heavy (non-hydrogen) atoms. The van der Waals surface area contributed by atoms with Crippen molar-refractivity contribution in [3.8, 4) is 17.8 Å². The summed E-state index contributed by atoms with van der Waals surface area (Å²) in [5.74, 6) is -1.65. The Balaban J connectivity index is 2.27. The van der Waals surface area contributed by atoms with Crippen LogP contribution >= 0.6 is 0 Å². The van der Waals surface area contributed by atoms with E-state index in [1.807, 2.05) is 6.92 Å². The lowest BCUT2D eigenvalue weighted by Gasteiger charge is -2.07. The van der Waals surface area contributed by atoms with Gasteiger partial charge in [0.05, 0.1) is 7.11 Å². The van der Waals surface area contributed by atoms with Crippen molar-refractivity contribution in [2.75, 3.05) is 19.0 Å². The highest BCUT2D eigenvalue weighted by Gasteiger charge is 2.10. The number of rotatable bonds is 5. The monoisotopic (exact) mass is 282 g/mol. The van der Waals surface area contributed by atoms with Gasteiger partial charge in [-0.05, 0) is 19.1 Å². The van der Waals surface area contributed by atoms with Gasteiger partial charge < -0.3 is 14.8 Å². The number of ether oxygens (including phenoxy) is 2. The van der Waals surface area contributed by atoms with Gasteiger partial charge in [0.15, 0.2) is 11.6 Å². The third-order valence-electron chi connectivity index (χ3n) is 2.21. The van der Waals surface area contributed by atoms with Crippen molar-refractivity contribution in [1.29, 1.82) is 0 Å². The van der Waals surface area contributed by atoms with Gasteiger partial charge in [-0.25, -0.2) is 8.78 Å². The van der Waals surface area contributed by atoms with Crippen molar-refractivity contribution < 1.29 is 18.3 Å². The van der Waals surface area contributed by atoms with Gasteiger partial charge in [-0.1, -0.05) is 0 Å². The van der Waals surface area contributed by atoms with E-state index in [0.29, 0.717) is 6.54 Å². The molecule has 0 saturated carbocycles. The summed E-state index contributed by atoms with van der Waals surface area (Å²) in [6.07, 6.45) is 0. The topological polar surface area (TPSA) is 69.2 Å². The second-order valence-corrected chi connectivity index (χ2v) is 3.64. The largest absolute Gasteiger partial charge is 0.467 e. The van der Waals surface area contributed by atoms with Crippen molar-refractivity contribution in [2.24, 2.45) is 0 Å². The molecule has 6 nitrogen and oxygen atoms in total. The molecule has 0 spiro atoms. The molecule has 0 radical (unpaired) electrons. The van der Waals surface area contributed by atoms with E-state index in [4.69, 9.17) is 9.47 Å². The molecule has 0 atom stereocenters. The zero-order chi connectivity index (χ0) is 14.5. The highest BCUT2D eigenvalue weighted by atomic mass is 19.2. The molecule has 0 aliphatic heterocycles. The Labute approximate surface area is 113 Å². The Bertz CT molecular complexity index is 610. The summed E-state index contributed by atoms with van der Waals surface area (Å²) in [4.78, 5) is 11.8. The Morgan fingerprint density at radius 3 is 2.50 bits per heavy atom. The van der Waals surface area contributed by atoms with E-state index in [1.54, 1.807) is 0 Å². The molecule has 0 aliphatic carbocycles. The fourth-order valence-corrected chi connectivity index (χ4v) is 1.36. The number of benzene rings is 1. The molecule has 0 amide bonds. The first kappa shape index (κ1) is 13.9. The molecule has 0 bridgehead atoms. The van der Waals surface area contributed by atoms with E-state index >= 15 is 0 Å². The predicted molar refractivity (Wildman–Crippen MR) is 67.0 cm³/mol. The van der Waals surface area contributed by atoms with Gasteiger partial charge in [-0.2, -0.15) is 9.97 Å². The minimum atomic E-state index is -1.02. The summed E-state index contributed by atoms with van der Waals surface area (Å²) in [5, 5.41) is 2.87. The smallest absolute Gasteiger partial charge is 0.330 e. The molecule has 1 aromatic heterocycles. The molecule has 1 heterocycles. The van der Waals surface area contributed by atoms with Crippen LogP contribution in [0.3, 0.4) is 0 Å². The standard InChI is InChI=1S/C12H12F2N4O2/c1-3-15-10-16-11(19-2)18-12(17-10)20-7-4-5-8(13)9(14)6-7/h4-6H,3H2,1-2H3,(H,15,16,17,18). The first-order chi connectivity index (χ1) is 9.62. The first-order valence-electron chi connectivity index (χ1n) is 5.79. The van der Waals surface area contributed by atoms with Crippen molar-refractivity contribution in [3.63, 3.8) is 0 Å². The van der Waals surface area contributed by atoms with Crippen LogP contribution in [0.1, 0.15) is 6.92 Å². The first-order valence-corrected chi connectivity index (χ1v) is 5.79. The maximum atomic E-state index is 13.1. The number of methoxy groups -OCH3 is 1. The average Bonchev–Trinajstić information content (AvgIpc) is 2.43. The molecule has 2 aromatic rings. The lowest BCUT2D eigenvalue weighted by Crippen LogP contribution is -2.06. The van der Waals surface area contributed by atoms with Gasteiger partial charge >= 0.3 is 12.0 Å². The second-order valence-electron chi connectivity index (χ2n) is 3.64. The third-order valence-corrected chi connectivity index (χ3v) is 2.21. The highest BCUT2D eigenvalue weighted by Crippen LogP contribution is 2.22. The molecule has 106 valence electrons. The van der Waals surface area contributed by atoms with Gasteiger partial charge in [-0.15, -0.1) is 4.98 Å². The van der Waals surface area contributed by atoms with Crippen LogP contribution < -0.4 is 14.8 Å². The van der Waals surface area contributed by atoms with Gasteiger partial charge in [0.25, 0.3) is 0 Å². The summed E-state index contributed by atoms with van der Waals surface area (Å²) < 4.78 is 36.1. The van der Waals surface area contributed by atoms with Gasteiger partial charge in [0.1, 0.15) is 5.75 Å². The highest BCUT2D eigenvalue weighted by molar-refractivity contribution is 5.30. The van der Waals surface area contributed by atoms with E-state index in [2.05, 4.69) is 20.3 Å². The lowest BCUT2D eigenvalue weighted by molar-refractivity contribution is 0.359. The van der Waals surface area contributed by atoms with Gasteiger partial charge in [0.2, 0.25) is 5.95 Å². The van der Waals surface area contributed by atoms with E-state index < -0.39 is 11.6 Å². The van der Waals surface area contributed by atoms with Crippen molar-refractivity contribution in [1.82, 2.24) is 15.0 Å². The summed E-state index contributed by atoms with van der Waals surface area (Å²) in [6.45, 7) is 2.46. The number of hydrogen-bond acceptors (Lipinski definition) is 6. The van der Waals surface area contributed by atoms with Crippen LogP contribution in [0.5, 0.6) is 17.8 Å². The number of nitrogens with one attached hydrogen (secondary N) is 1. The number of anilines is 1. The Morgan fingerprint density at radius 2 is 1.85 bits per heavy atom. The maximum Gasteiger partial charge on any atom is 0.330 e. The lowest BCUT2D eigenvalue weighted by atomic mass is 10.3. The minimum absolute atomic E-state index is 0.0496. The van der Waals surface area contributed by atoms with Crippen LogP contribution in [0, 0.1) is 11.6 Å². The van der Waals surface area contributed by atoms with E-state index in [1.165, 1.54) is 13.2 Å². The minimum Gasteiger partial charge on any atom is -0.467 e. The molecule has 2 rings (SSSR count). The van der Waals surface area contributed by atoms with Crippen molar-refractivity contribution >= 4 is 5.95 Å². The fourth-order valence-electron chi connectivity index (χ4n) is 1.36. The molecular formula is C12H12F2N4O2. The van der Waals surface area contributed by atoms with Crippen molar-refractivity contribution in [2.45, 2.75) is 6.92 Å². The molecule has 0 unspecified atom stereocenters. The number of nitrogens with zero attached hydrogens (tertiary/aromatic N) is 3. The Kier molecular flexibility index (Phi) is 4.24. The van der Waals surface area contributed by atoms with E-state index in [-0.39, 0.29) is 23.7 Å². The van der Waals surface area contributed by atoms with Crippen LogP contribution in [-0.4, -0.2) is 28.6 Å². The summed E-state index contributed by atoms with van der Waals surface area (Å²) in [7, 11) is 1.40.